The lowest BCUT2D eigenvalue weighted by Crippen LogP contribution is -2.35. The Kier molecular flexibility index (Phi) is 6.12. The van der Waals surface area contributed by atoms with Crippen molar-refractivity contribution in [2.45, 2.75) is 45.6 Å². The second kappa shape index (κ2) is 8.81. The summed E-state index contributed by atoms with van der Waals surface area (Å²) in [5, 5.41) is 0. The van der Waals surface area contributed by atoms with E-state index < -0.39 is 0 Å². The third kappa shape index (κ3) is 4.10. The number of esters is 2. The van der Waals surface area contributed by atoms with Crippen molar-refractivity contribution in [3.63, 3.8) is 0 Å². The molecule has 0 radical (unpaired) electrons. The number of likely N-dealkylation sites (N-methyl/N-ethyl adjacent to an activating group) is 1. The minimum atomic E-state index is -0.379. The molecule has 2 aliphatic rings. The first-order valence-electron chi connectivity index (χ1n) is 11.0. The molecule has 1 heterocycles. The number of rotatable bonds is 6. The maximum absolute atomic E-state index is 12.6. The fourth-order valence-electron chi connectivity index (χ4n) is 4.47. The molecule has 1 atom stereocenters. The Morgan fingerprint density at radius 1 is 1.16 bits per heavy atom. The molecule has 2 N–H and O–H groups in total. The summed E-state index contributed by atoms with van der Waals surface area (Å²) < 4.78 is 11.5. The maximum atomic E-state index is 12.6. The van der Waals surface area contributed by atoms with E-state index in [4.69, 9.17) is 15.2 Å². The van der Waals surface area contributed by atoms with Crippen molar-refractivity contribution in [1.29, 1.82) is 0 Å². The summed E-state index contributed by atoms with van der Waals surface area (Å²) in [7, 11) is 2.16. The summed E-state index contributed by atoms with van der Waals surface area (Å²) in [5.74, 6) is -0.399. The van der Waals surface area contributed by atoms with Crippen LogP contribution in [0, 0.1) is 5.92 Å². The number of carbonyl (C=O) groups is 2. The van der Waals surface area contributed by atoms with Gasteiger partial charge in [-0.25, -0.2) is 0 Å². The molecule has 0 amide bonds. The third-order valence-electron chi connectivity index (χ3n) is 6.17. The van der Waals surface area contributed by atoms with Crippen LogP contribution in [0.15, 0.2) is 30.3 Å². The van der Waals surface area contributed by atoms with Gasteiger partial charge in [0, 0.05) is 24.6 Å². The van der Waals surface area contributed by atoms with E-state index in [1.54, 1.807) is 19.9 Å². The van der Waals surface area contributed by atoms with Crippen LogP contribution in [0.4, 0.5) is 0 Å². The molecule has 0 saturated heterocycles. The van der Waals surface area contributed by atoms with Gasteiger partial charge in [-0.1, -0.05) is 38.1 Å². The highest BCUT2D eigenvalue weighted by molar-refractivity contribution is 5.87. The van der Waals surface area contributed by atoms with Gasteiger partial charge in [-0.15, -0.1) is 0 Å². The van der Waals surface area contributed by atoms with Gasteiger partial charge in [-0.05, 0) is 61.2 Å². The van der Waals surface area contributed by atoms with Crippen molar-refractivity contribution in [3.05, 3.63) is 47.0 Å². The quantitative estimate of drug-likeness (QED) is 0.565. The van der Waals surface area contributed by atoms with E-state index in [-0.39, 0.29) is 30.0 Å². The van der Waals surface area contributed by atoms with E-state index in [2.05, 4.69) is 30.1 Å². The smallest absolute Gasteiger partial charge is 0.313 e. The van der Waals surface area contributed by atoms with E-state index in [1.807, 2.05) is 6.07 Å². The third-order valence-corrected chi connectivity index (χ3v) is 6.17. The van der Waals surface area contributed by atoms with Crippen molar-refractivity contribution >= 4 is 11.9 Å². The van der Waals surface area contributed by atoms with Crippen LogP contribution in [0.25, 0.3) is 11.1 Å². The molecule has 6 nitrogen and oxygen atoms in total. The summed E-state index contributed by atoms with van der Waals surface area (Å²) in [6.45, 7) is 5.02. The minimum Gasteiger partial charge on any atom is -0.422 e. The Morgan fingerprint density at radius 2 is 1.97 bits per heavy atom. The molecule has 164 valence electrons. The largest absolute Gasteiger partial charge is 0.422 e. The number of benzene rings is 2. The Bertz CT molecular complexity index is 1010. The molecule has 1 aliphatic carbocycles. The lowest BCUT2D eigenvalue weighted by Gasteiger charge is -2.40. The Hall–Kier alpha value is -2.70. The number of carbonyl (C=O) groups excluding carboxylic acids is 2. The molecule has 0 spiro atoms. The highest BCUT2D eigenvalue weighted by Crippen LogP contribution is 2.51. The topological polar surface area (TPSA) is 81.9 Å². The zero-order chi connectivity index (χ0) is 22.1. The van der Waals surface area contributed by atoms with Crippen molar-refractivity contribution in [2.24, 2.45) is 11.7 Å². The van der Waals surface area contributed by atoms with Crippen LogP contribution in [0.5, 0.6) is 11.5 Å². The molecule has 31 heavy (non-hydrogen) atoms. The van der Waals surface area contributed by atoms with E-state index in [0.717, 1.165) is 36.1 Å². The fourth-order valence-corrected chi connectivity index (χ4v) is 4.47. The summed E-state index contributed by atoms with van der Waals surface area (Å²) in [6, 6.07) is 10.3. The molecule has 0 bridgehead atoms. The van der Waals surface area contributed by atoms with Crippen LogP contribution in [0.2, 0.25) is 0 Å². The van der Waals surface area contributed by atoms with Gasteiger partial charge in [-0.3, -0.25) is 14.5 Å². The highest BCUT2D eigenvalue weighted by Gasteiger charge is 2.35. The van der Waals surface area contributed by atoms with Gasteiger partial charge in [0.2, 0.25) is 0 Å². The maximum Gasteiger partial charge on any atom is 0.313 e. The van der Waals surface area contributed by atoms with Crippen LogP contribution < -0.4 is 15.2 Å². The zero-order valence-electron chi connectivity index (χ0n) is 18.4. The SMILES string of the molecule is CC(C)C(=O)Oc1c(OC(=O)CCCN)ccc2c1-c1cccc3c1C(C2)N(C)CC3. The molecule has 0 saturated carbocycles. The first kappa shape index (κ1) is 21.5. The van der Waals surface area contributed by atoms with Crippen molar-refractivity contribution < 1.29 is 19.1 Å². The average Bonchev–Trinajstić information content (AvgIpc) is 2.76. The monoisotopic (exact) mass is 422 g/mol. The average molecular weight is 423 g/mol. The van der Waals surface area contributed by atoms with Gasteiger partial charge < -0.3 is 15.2 Å². The lowest BCUT2D eigenvalue weighted by molar-refractivity contribution is -0.139. The van der Waals surface area contributed by atoms with Gasteiger partial charge >= 0.3 is 11.9 Å². The first-order valence-corrected chi connectivity index (χ1v) is 11.0. The van der Waals surface area contributed by atoms with E-state index >= 15 is 0 Å². The molecule has 0 fully saturated rings. The number of nitrogens with two attached hydrogens (primary N) is 1. The molecular weight excluding hydrogens is 392 g/mol. The summed E-state index contributed by atoms with van der Waals surface area (Å²) in [5.41, 5.74) is 11.2. The van der Waals surface area contributed by atoms with Crippen molar-refractivity contribution in [2.75, 3.05) is 20.1 Å². The number of hydrogen-bond donors (Lipinski definition) is 1. The van der Waals surface area contributed by atoms with Gasteiger partial charge in [0.25, 0.3) is 0 Å². The molecule has 2 aromatic rings. The molecule has 2 aromatic carbocycles. The lowest BCUT2D eigenvalue weighted by atomic mass is 9.77. The van der Waals surface area contributed by atoms with Crippen LogP contribution >= 0.6 is 0 Å². The first-order chi connectivity index (χ1) is 14.9. The Labute approximate surface area is 183 Å². The van der Waals surface area contributed by atoms with Gasteiger partial charge in [0.05, 0.1) is 5.92 Å². The Balaban J connectivity index is 1.85. The number of ether oxygens (including phenoxy) is 2. The summed E-state index contributed by atoms with van der Waals surface area (Å²) in [6.07, 6.45) is 2.58. The van der Waals surface area contributed by atoms with Crippen LogP contribution in [-0.4, -0.2) is 37.0 Å². The van der Waals surface area contributed by atoms with Crippen molar-refractivity contribution in [3.8, 4) is 22.6 Å². The molecule has 0 aromatic heterocycles. The molecule has 1 aliphatic heterocycles. The molecule has 6 heteroatoms. The Morgan fingerprint density at radius 3 is 2.71 bits per heavy atom. The van der Waals surface area contributed by atoms with Crippen LogP contribution in [0.3, 0.4) is 0 Å². The molecule has 1 unspecified atom stereocenters. The normalized spacial score (nSPS) is 17.1. The summed E-state index contributed by atoms with van der Waals surface area (Å²) >= 11 is 0. The van der Waals surface area contributed by atoms with Gasteiger partial charge in [-0.2, -0.15) is 0 Å². The van der Waals surface area contributed by atoms with Crippen molar-refractivity contribution in [1.82, 2.24) is 4.90 Å². The van der Waals surface area contributed by atoms with Crippen LogP contribution in [-0.2, 0) is 22.4 Å². The van der Waals surface area contributed by atoms with Gasteiger partial charge in [0.15, 0.2) is 11.5 Å². The second-order valence-corrected chi connectivity index (χ2v) is 8.70. The fraction of sp³-hybridized carbons (Fsp3) is 0.440. The van der Waals surface area contributed by atoms with E-state index in [9.17, 15) is 9.59 Å². The molecule has 4 rings (SSSR count). The highest BCUT2D eigenvalue weighted by atomic mass is 16.6. The predicted octanol–water partition coefficient (Wildman–Crippen LogP) is 3.64. The van der Waals surface area contributed by atoms with Crippen LogP contribution in [0.1, 0.15) is 49.4 Å². The van der Waals surface area contributed by atoms with E-state index in [0.29, 0.717) is 24.8 Å². The minimum absolute atomic E-state index is 0.221. The number of nitrogens with zero attached hydrogens (tertiary/aromatic N) is 1. The van der Waals surface area contributed by atoms with E-state index in [1.165, 1.54) is 11.1 Å². The predicted molar refractivity (Wildman–Crippen MR) is 119 cm³/mol. The number of fused-ring (bicyclic) bond motifs is 2. The zero-order valence-corrected chi connectivity index (χ0v) is 18.4. The van der Waals surface area contributed by atoms with Gasteiger partial charge in [0.1, 0.15) is 0 Å². The second-order valence-electron chi connectivity index (χ2n) is 8.70. The summed E-state index contributed by atoms with van der Waals surface area (Å²) in [4.78, 5) is 27.3. The molecular formula is C25H30N2O4. The number of hydrogen-bond acceptors (Lipinski definition) is 6. The standard InChI is InChI=1S/C25H30N2O4/c1-15(2)25(29)31-24-20(30-21(28)8-5-12-26)10-9-17-14-19-22-16(11-13-27(19)3)6-4-7-18(22)23(17)24/h4,6-7,9-10,15,19H,5,8,11-14,26H2,1-3H3.